The fourth-order valence-corrected chi connectivity index (χ4v) is 5.97. The number of aromatic nitrogens is 3. The van der Waals surface area contributed by atoms with Crippen molar-refractivity contribution in [3.8, 4) is 5.69 Å². The molecular weight excluding hydrogens is 516 g/mol. The smallest absolute Gasteiger partial charge is 0.237 e. The zero-order valence-corrected chi connectivity index (χ0v) is 22.1. The minimum atomic E-state index is -3.65. The summed E-state index contributed by atoms with van der Waals surface area (Å²) in [7, 11) is -3.65. The first-order valence-electron chi connectivity index (χ1n) is 11.3. The molecule has 0 radical (unpaired) electrons. The molecule has 1 aromatic heterocycles. The van der Waals surface area contributed by atoms with E-state index >= 15 is 0 Å². The third-order valence-electron chi connectivity index (χ3n) is 5.49. The molecule has 0 aliphatic carbocycles. The third-order valence-corrected chi connectivity index (χ3v) is 8.83. The first kappa shape index (κ1) is 25.9. The van der Waals surface area contributed by atoms with Gasteiger partial charge in [0.05, 0.1) is 10.1 Å². The van der Waals surface area contributed by atoms with Crippen molar-refractivity contribution in [1.29, 1.82) is 0 Å². The molecule has 0 aliphatic heterocycles. The lowest BCUT2D eigenvalue weighted by Gasteiger charge is -2.16. The zero-order valence-electron chi connectivity index (χ0n) is 19.8. The largest absolute Gasteiger partial charge is 0.325 e. The Kier molecular flexibility index (Phi) is 8.13. The number of sulfone groups is 1. The number of anilines is 1. The molecule has 1 amide bonds. The fraction of sp³-hybridized carbons (Fsp3) is 0.192. The van der Waals surface area contributed by atoms with E-state index in [1.165, 1.54) is 11.8 Å². The summed E-state index contributed by atoms with van der Waals surface area (Å²) in [4.78, 5) is 13.3. The van der Waals surface area contributed by atoms with Gasteiger partial charge in [0, 0.05) is 16.4 Å². The first-order chi connectivity index (χ1) is 17.3. The van der Waals surface area contributed by atoms with Gasteiger partial charge in [-0.05, 0) is 55.3 Å². The van der Waals surface area contributed by atoms with Crippen molar-refractivity contribution in [3.05, 3.63) is 95.3 Å². The van der Waals surface area contributed by atoms with Crippen molar-refractivity contribution in [2.45, 2.75) is 41.3 Å². The van der Waals surface area contributed by atoms with Crippen LogP contribution in [-0.4, -0.2) is 34.3 Å². The zero-order chi connectivity index (χ0) is 25.7. The number of carbonyl (C=O) groups is 1. The summed E-state index contributed by atoms with van der Waals surface area (Å²) in [6, 6.07) is 22.9. The normalized spacial score (nSPS) is 12.3. The highest BCUT2D eigenvalue weighted by atomic mass is 35.5. The van der Waals surface area contributed by atoms with Crippen LogP contribution in [0, 0.1) is 6.92 Å². The maximum Gasteiger partial charge on any atom is 0.237 e. The maximum atomic E-state index is 13.1. The summed E-state index contributed by atoms with van der Waals surface area (Å²) >= 11 is 7.44. The van der Waals surface area contributed by atoms with Crippen LogP contribution in [0.5, 0.6) is 0 Å². The lowest BCUT2D eigenvalue weighted by Crippen LogP contribution is -2.25. The van der Waals surface area contributed by atoms with Crippen molar-refractivity contribution in [2.24, 2.45) is 0 Å². The molecule has 3 aromatic carbocycles. The molecule has 36 heavy (non-hydrogen) atoms. The number of hydrogen-bond acceptors (Lipinski definition) is 6. The van der Waals surface area contributed by atoms with Crippen molar-refractivity contribution >= 4 is 44.8 Å². The Morgan fingerprint density at radius 3 is 2.33 bits per heavy atom. The van der Waals surface area contributed by atoms with Crippen LogP contribution in [0.1, 0.15) is 24.7 Å². The predicted octanol–water partition coefficient (Wildman–Crippen LogP) is 5.71. The number of halogens is 1. The van der Waals surface area contributed by atoms with Crippen molar-refractivity contribution < 1.29 is 13.2 Å². The van der Waals surface area contributed by atoms with Crippen molar-refractivity contribution in [3.63, 3.8) is 0 Å². The van der Waals surface area contributed by atoms with Crippen LogP contribution >= 0.6 is 23.4 Å². The lowest BCUT2D eigenvalue weighted by atomic mass is 10.2. The van der Waals surface area contributed by atoms with Gasteiger partial charge in [0.1, 0.15) is 5.75 Å². The number of aryl methyl sites for hydroxylation is 1. The molecule has 0 fully saturated rings. The molecule has 1 heterocycles. The molecule has 10 heteroatoms. The average Bonchev–Trinajstić information content (AvgIpc) is 3.27. The van der Waals surface area contributed by atoms with Gasteiger partial charge in [0.25, 0.3) is 0 Å². The molecule has 4 rings (SSSR count). The van der Waals surface area contributed by atoms with E-state index in [-0.39, 0.29) is 22.4 Å². The number of thioether (sulfide) groups is 1. The van der Waals surface area contributed by atoms with E-state index < -0.39 is 15.1 Å². The molecule has 0 saturated heterocycles. The summed E-state index contributed by atoms with van der Waals surface area (Å²) in [6.07, 6.45) is 0.523. The Bertz CT molecular complexity index is 1460. The Morgan fingerprint density at radius 1 is 1.03 bits per heavy atom. The van der Waals surface area contributed by atoms with E-state index in [1.807, 2.05) is 50.2 Å². The van der Waals surface area contributed by atoms with Crippen LogP contribution in [0.2, 0.25) is 5.02 Å². The molecule has 1 atom stereocenters. The van der Waals surface area contributed by atoms with Crippen LogP contribution in [-0.2, 0) is 20.4 Å². The molecule has 4 aromatic rings. The number of benzene rings is 3. The number of rotatable bonds is 9. The Hall–Kier alpha value is -3.14. The van der Waals surface area contributed by atoms with E-state index in [0.29, 0.717) is 28.0 Å². The summed E-state index contributed by atoms with van der Waals surface area (Å²) in [5.41, 5.74) is 2.24. The minimum absolute atomic E-state index is 0.205. The molecule has 1 unspecified atom stereocenters. The summed E-state index contributed by atoms with van der Waals surface area (Å²) < 4.78 is 27.8. The van der Waals surface area contributed by atoms with Gasteiger partial charge in [0.15, 0.2) is 20.8 Å². The second-order valence-corrected chi connectivity index (χ2v) is 11.7. The Labute approximate surface area is 219 Å². The van der Waals surface area contributed by atoms with Gasteiger partial charge in [-0.2, -0.15) is 0 Å². The maximum absolute atomic E-state index is 13.1. The van der Waals surface area contributed by atoms with Crippen LogP contribution in [0.4, 0.5) is 5.69 Å². The topological polar surface area (TPSA) is 93.9 Å². The van der Waals surface area contributed by atoms with E-state index in [4.69, 9.17) is 11.6 Å². The van der Waals surface area contributed by atoms with Crippen LogP contribution in [0.15, 0.2) is 88.9 Å². The van der Waals surface area contributed by atoms with Gasteiger partial charge in [0.2, 0.25) is 5.91 Å². The minimum Gasteiger partial charge on any atom is -0.325 e. The molecule has 7 nitrogen and oxygen atoms in total. The third kappa shape index (κ3) is 5.98. The predicted molar refractivity (Wildman–Crippen MR) is 143 cm³/mol. The van der Waals surface area contributed by atoms with E-state index in [1.54, 1.807) is 47.0 Å². The van der Waals surface area contributed by atoms with Crippen LogP contribution in [0.25, 0.3) is 5.69 Å². The molecule has 0 spiro atoms. The van der Waals surface area contributed by atoms with Crippen LogP contribution < -0.4 is 5.32 Å². The molecular formula is C26H25ClN4O3S2. The fourth-order valence-electron chi connectivity index (χ4n) is 3.53. The van der Waals surface area contributed by atoms with Crippen molar-refractivity contribution in [2.75, 3.05) is 5.32 Å². The van der Waals surface area contributed by atoms with Gasteiger partial charge in [-0.25, -0.2) is 8.42 Å². The van der Waals surface area contributed by atoms with E-state index in [0.717, 1.165) is 5.56 Å². The molecule has 1 N–H and O–H groups in total. The number of nitrogens with zero attached hydrogens (tertiary/aromatic N) is 3. The highest BCUT2D eigenvalue weighted by Gasteiger charge is 2.26. The Morgan fingerprint density at radius 2 is 1.69 bits per heavy atom. The van der Waals surface area contributed by atoms with Gasteiger partial charge < -0.3 is 5.32 Å². The van der Waals surface area contributed by atoms with Gasteiger partial charge in [-0.1, -0.05) is 72.8 Å². The molecule has 0 aliphatic rings. The number of hydrogen-bond donors (Lipinski definition) is 1. The number of carbonyl (C=O) groups excluding carboxylic acids is 1. The first-order valence-corrected chi connectivity index (χ1v) is 14.2. The average molecular weight is 541 g/mol. The lowest BCUT2D eigenvalue weighted by molar-refractivity contribution is -0.115. The second kappa shape index (κ2) is 11.3. The van der Waals surface area contributed by atoms with E-state index in [2.05, 4.69) is 15.5 Å². The number of amides is 1. The molecule has 186 valence electrons. The SMILES string of the molecule is CCC(Sc1nnc(CS(=O)(=O)c2ccccc2)n1-c1ccccc1)C(=O)Nc1ccc(C)c(Cl)c1. The molecule has 0 bridgehead atoms. The monoisotopic (exact) mass is 540 g/mol. The summed E-state index contributed by atoms with van der Waals surface area (Å²) in [5, 5.41) is 11.9. The number of para-hydroxylation sites is 1. The quantitative estimate of drug-likeness (QED) is 0.273. The number of nitrogens with one attached hydrogen (secondary N) is 1. The standard InChI is InChI=1S/C26H25ClN4O3S2/c1-3-23(25(32)28-19-15-14-18(2)22(27)16-19)35-26-30-29-24(31(26)20-10-6-4-7-11-20)17-36(33,34)21-12-8-5-9-13-21/h4-16,23H,3,17H2,1-2H3,(H,28,32). The highest BCUT2D eigenvalue weighted by Crippen LogP contribution is 2.30. The molecule has 0 saturated carbocycles. The van der Waals surface area contributed by atoms with Crippen molar-refractivity contribution in [1.82, 2.24) is 14.8 Å². The van der Waals surface area contributed by atoms with E-state index in [9.17, 15) is 13.2 Å². The van der Waals surface area contributed by atoms with Crippen LogP contribution in [0.3, 0.4) is 0 Å². The van der Waals surface area contributed by atoms with Gasteiger partial charge in [-0.15, -0.1) is 10.2 Å². The summed E-state index contributed by atoms with van der Waals surface area (Å²) in [5.74, 6) is -0.263. The van der Waals surface area contributed by atoms with Gasteiger partial charge in [-0.3, -0.25) is 9.36 Å². The second-order valence-electron chi connectivity index (χ2n) is 8.11. The highest BCUT2D eigenvalue weighted by molar-refractivity contribution is 8.00. The Balaban J connectivity index is 1.63. The summed E-state index contributed by atoms with van der Waals surface area (Å²) in [6.45, 7) is 3.80. The van der Waals surface area contributed by atoms with Gasteiger partial charge >= 0.3 is 0 Å².